The van der Waals surface area contributed by atoms with Crippen molar-refractivity contribution >= 4 is 26.0 Å². The first-order valence-corrected chi connectivity index (χ1v) is 11.9. The minimum absolute atomic E-state index is 0.0268. The molecule has 0 aromatic heterocycles. The second kappa shape index (κ2) is 10.0. The summed E-state index contributed by atoms with van der Waals surface area (Å²) in [5.74, 6) is -0.0996. The molecule has 0 saturated heterocycles. The number of hydrogen-bond donors (Lipinski definition) is 2. The van der Waals surface area contributed by atoms with Crippen LogP contribution in [0.2, 0.25) is 0 Å². The summed E-state index contributed by atoms with van der Waals surface area (Å²) in [6.45, 7) is 1.69. The predicted octanol–water partition coefficient (Wildman–Crippen LogP) is 0.719. The molecule has 0 aliphatic rings. The number of amides is 1. The van der Waals surface area contributed by atoms with Crippen LogP contribution in [-0.2, 0) is 24.8 Å². The van der Waals surface area contributed by atoms with Gasteiger partial charge in [-0.2, -0.15) is 0 Å². The van der Waals surface area contributed by atoms with Gasteiger partial charge in [0.2, 0.25) is 20.0 Å². The van der Waals surface area contributed by atoms with E-state index in [0.29, 0.717) is 5.75 Å². The molecule has 2 aromatic rings. The Bertz CT molecular complexity index is 1060. The standard InChI is InChI=1S/C19H25N3O6S2/c1-15-4-8-17(9-5-15)29(24,25)21-13-12-20-19(23)14-28-16-6-10-18(11-7-16)30(26,27)22(2)3/h4-11,21H,12-14H2,1-3H3,(H,20,23). The molecule has 1 amide bonds. The zero-order valence-corrected chi connectivity index (χ0v) is 18.6. The van der Waals surface area contributed by atoms with Crippen LogP contribution in [-0.4, -0.2) is 60.8 Å². The Morgan fingerprint density at radius 1 is 0.900 bits per heavy atom. The van der Waals surface area contributed by atoms with E-state index in [2.05, 4.69) is 10.0 Å². The van der Waals surface area contributed by atoms with Gasteiger partial charge >= 0.3 is 0 Å². The Morgan fingerprint density at radius 2 is 1.47 bits per heavy atom. The molecule has 11 heteroatoms. The van der Waals surface area contributed by atoms with Crippen molar-refractivity contribution in [3.8, 4) is 5.75 Å². The number of benzene rings is 2. The summed E-state index contributed by atoms with van der Waals surface area (Å²) in [5, 5.41) is 2.54. The molecule has 164 valence electrons. The molecule has 2 rings (SSSR count). The first-order chi connectivity index (χ1) is 14.0. The van der Waals surface area contributed by atoms with Gasteiger partial charge in [0.15, 0.2) is 6.61 Å². The molecule has 0 unspecified atom stereocenters. The fourth-order valence-corrected chi connectivity index (χ4v) is 4.24. The number of ether oxygens (including phenoxy) is 1. The maximum atomic E-state index is 12.1. The molecule has 0 radical (unpaired) electrons. The first-order valence-electron chi connectivity index (χ1n) is 9.01. The van der Waals surface area contributed by atoms with Crippen LogP contribution in [0.3, 0.4) is 0 Å². The summed E-state index contributed by atoms with van der Waals surface area (Å²) in [6.07, 6.45) is 0. The molecule has 30 heavy (non-hydrogen) atoms. The zero-order chi connectivity index (χ0) is 22.4. The average molecular weight is 456 g/mol. The highest BCUT2D eigenvalue weighted by atomic mass is 32.2. The second-order valence-corrected chi connectivity index (χ2v) is 10.5. The fraction of sp³-hybridized carbons (Fsp3) is 0.316. The summed E-state index contributed by atoms with van der Waals surface area (Å²) in [5.41, 5.74) is 0.954. The van der Waals surface area contributed by atoms with Crippen molar-refractivity contribution in [3.63, 3.8) is 0 Å². The number of carbonyl (C=O) groups is 1. The molecular formula is C19H25N3O6S2. The second-order valence-electron chi connectivity index (χ2n) is 6.61. The zero-order valence-electron chi connectivity index (χ0n) is 17.0. The van der Waals surface area contributed by atoms with E-state index >= 15 is 0 Å². The monoisotopic (exact) mass is 455 g/mol. The van der Waals surface area contributed by atoms with Gasteiger partial charge in [-0.25, -0.2) is 25.9 Å². The quantitative estimate of drug-likeness (QED) is 0.509. The number of carbonyl (C=O) groups excluding carboxylic acids is 1. The summed E-state index contributed by atoms with van der Waals surface area (Å²) in [4.78, 5) is 12.1. The first kappa shape index (κ1) is 23.8. The van der Waals surface area contributed by atoms with Gasteiger partial charge in [-0.1, -0.05) is 17.7 Å². The Balaban J connectivity index is 1.76. The van der Waals surface area contributed by atoms with E-state index < -0.39 is 26.0 Å². The molecule has 0 heterocycles. The fourth-order valence-electron chi connectivity index (χ4n) is 2.31. The smallest absolute Gasteiger partial charge is 0.257 e. The highest BCUT2D eigenvalue weighted by Crippen LogP contribution is 2.18. The van der Waals surface area contributed by atoms with E-state index in [4.69, 9.17) is 4.74 Å². The SMILES string of the molecule is Cc1ccc(S(=O)(=O)NCCNC(=O)COc2ccc(S(=O)(=O)N(C)C)cc2)cc1. The van der Waals surface area contributed by atoms with Gasteiger partial charge in [0, 0.05) is 27.2 Å². The van der Waals surface area contributed by atoms with Crippen LogP contribution in [0.1, 0.15) is 5.56 Å². The Morgan fingerprint density at radius 3 is 2.03 bits per heavy atom. The van der Waals surface area contributed by atoms with Crippen molar-refractivity contribution in [2.75, 3.05) is 33.8 Å². The van der Waals surface area contributed by atoms with Crippen LogP contribution in [0.5, 0.6) is 5.75 Å². The third-order valence-corrected chi connectivity index (χ3v) is 7.35. The van der Waals surface area contributed by atoms with E-state index in [-0.39, 0.29) is 29.5 Å². The van der Waals surface area contributed by atoms with Crippen molar-refractivity contribution in [2.24, 2.45) is 0 Å². The van der Waals surface area contributed by atoms with E-state index in [0.717, 1.165) is 9.87 Å². The summed E-state index contributed by atoms with van der Waals surface area (Å²) < 4.78 is 57.1. The van der Waals surface area contributed by atoms with Gasteiger partial charge in [0.05, 0.1) is 9.79 Å². The summed E-state index contributed by atoms with van der Waals surface area (Å²) >= 11 is 0. The highest BCUT2D eigenvalue weighted by Gasteiger charge is 2.17. The van der Waals surface area contributed by atoms with Crippen molar-refractivity contribution in [1.29, 1.82) is 0 Å². The molecule has 0 bridgehead atoms. The maximum absolute atomic E-state index is 12.1. The molecule has 0 aliphatic heterocycles. The molecule has 0 atom stereocenters. The molecule has 0 spiro atoms. The van der Waals surface area contributed by atoms with Crippen molar-refractivity contribution in [2.45, 2.75) is 16.7 Å². The number of hydrogen-bond acceptors (Lipinski definition) is 6. The Hall–Kier alpha value is -2.47. The van der Waals surface area contributed by atoms with E-state index in [1.165, 1.54) is 50.5 Å². The normalized spacial score (nSPS) is 12.0. The van der Waals surface area contributed by atoms with Gasteiger partial charge in [0.1, 0.15) is 5.75 Å². The van der Waals surface area contributed by atoms with Gasteiger partial charge in [-0.3, -0.25) is 4.79 Å². The van der Waals surface area contributed by atoms with Crippen LogP contribution < -0.4 is 14.8 Å². The molecule has 2 aromatic carbocycles. The third-order valence-electron chi connectivity index (χ3n) is 4.04. The lowest BCUT2D eigenvalue weighted by molar-refractivity contribution is -0.123. The van der Waals surface area contributed by atoms with Crippen molar-refractivity contribution in [1.82, 2.24) is 14.3 Å². The maximum Gasteiger partial charge on any atom is 0.257 e. The van der Waals surface area contributed by atoms with Gasteiger partial charge < -0.3 is 10.1 Å². The third kappa shape index (κ3) is 6.52. The Kier molecular flexibility index (Phi) is 7.96. The predicted molar refractivity (Wildman–Crippen MR) is 112 cm³/mol. The van der Waals surface area contributed by atoms with Crippen molar-refractivity contribution in [3.05, 3.63) is 54.1 Å². The molecule has 0 saturated carbocycles. The lowest BCUT2D eigenvalue weighted by Crippen LogP contribution is -2.36. The number of aryl methyl sites for hydroxylation is 1. The number of sulfonamides is 2. The molecular weight excluding hydrogens is 430 g/mol. The number of nitrogens with one attached hydrogen (secondary N) is 2. The lowest BCUT2D eigenvalue weighted by Gasteiger charge is -2.12. The minimum atomic E-state index is -3.64. The van der Waals surface area contributed by atoms with Crippen LogP contribution in [0.25, 0.3) is 0 Å². The van der Waals surface area contributed by atoms with E-state index in [9.17, 15) is 21.6 Å². The topological polar surface area (TPSA) is 122 Å². The molecule has 2 N–H and O–H groups in total. The van der Waals surface area contributed by atoms with Gasteiger partial charge in [-0.05, 0) is 43.3 Å². The largest absolute Gasteiger partial charge is 0.484 e. The number of nitrogens with zero attached hydrogens (tertiary/aromatic N) is 1. The van der Waals surface area contributed by atoms with Gasteiger partial charge in [-0.15, -0.1) is 0 Å². The summed E-state index contributed by atoms with van der Waals surface area (Å²) in [7, 11) is -4.30. The minimum Gasteiger partial charge on any atom is -0.484 e. The lowest BCUT2D eigenvalue weighted by atomic mass is 10.2. The van der Waals surface area contributed by atoms with E-state index in [1.54, 1.807) is 12.1 Å². The molecule has 0 aliphatic carbocycles. The summed E-state index contributed by atoms with van der Waals surface area (Å²) in [6, 6.07) is 12.1. The van der Waals surface area contributed by atoms with Crippen LogP contribution in [0.15, 0.2) is 58.3 Å². The Labute approximate surface area is 177 Å². The van der Waals surface area contributed by atoms with Crippen molar-refractivity contribution < 1.29 is 26.4 Å². The molecule has 0 fully saturated rings. The van der Waals surface area contributed by atoms with E-state index in [1.807, 2.05) is 6.92 Å². The van der Waals surface area contributed by atoms with Crippen LogP contribution in [0, 0.1) is 6.92 Å². The average Bonchev–Trinajstić information content (AvgIpc) is 2.70. The molecule has 9 nitrogen and oxygen atoms in total. The van der Waals surface area contributed by atoms with Crippen LogP contribution >= 0.6 is 0 Å². The van der Waals surface area contributed by atoms with Gasteiger partial charge in [0.25, 0.3) is 5.91 Å². The highest BCUT2D eigenvalue weighted by molar-refractivity contribution is 7.89. The number of rotatable bonds is 10. The van der Waals surface area contributed by atoms with Crippen LogP contribution in [0.4, 0.5) is 0 Å².